The molecule has 0 spiro atoms. The molecule has 0 bridgehead atoms. The summed E-state index contributed by atoms with van der Waals surface area (Å²) in [4.78, 5) is 25.6. The summed E-state index contributed by atoms with van der Waals surface area (Å²) in [5, 5.41) is 39.4. The van der Waals surface area contributed by atoms with Crippen molar-refractivity contribution >= 4 is 75.7 Å². The summed E-state index contributed by atoms with van der Waals surface area (Å²) < 4.78 is 11.4. The SMILES string of the molecule is CC(O)C(C)(O)COC(=O)c1c(Br)c(Br)c(Br)c(Br)c1C(=O)OCC(C)(O)C(C)O. The number of esters is 2. The Morgan fingerprint density at radius 2 is 1.03 bits per heavy atom. The van der Waals surface area contributed by atoms with Crippen LogP contribution in [-0.4, -0.2) is 69.0 Å². The molecule has 0 amide bonds. The van der Waals surface area contributed by atoms with Crippen LogP contribution in [0.1, 0.15) is 48.4 Å². The van der Waals surface area contributed by atoms with E-state index in [1.807, 2.05) is 0 Å². The van der Waals surface area contributed by atoms with Crippen molar-refractivity contribution in [2.45, 2.75) is 51.1 Å². The number of benzene rings is 1. The summed E-state index contributed by atoms with van der Waals surface area (Å²) in [6, 6.07) is 0. The van der Waals surface area contributed by atoms with Crippen molar-refractivity contribution in [1.29, 1.82) is 0 Å². The van der Waals surface area contributed by atoms with E-state index < -0.39 is 48.6 Å². The number of hydrogen-bond donors (Lipinski definition) is 4. The second-order valence-electron chi connectivity index (χ2n) is 7.22. The lowest BCUT2D eigenvalue weighted by Crippen LogP contribution is -2.43. The summed E-state index contributed by atoms with van der Waals surface area (Å²) in [7, 11) is 0. The van der Waals surface area contributed by atoms with Gasteiger partial charge in [0, 0.05) is 17.9 Å². The zero-order valence-electron chi connectivity index (χ0n) is 16.5. The molecular formula is C18H22Br4O8. The summed E-state index contributed by atoms with van der Waals surface area (Å²) in [6.45, 7) is 4.20. The van der Waals surface area contributed by atoms with Crippen LogP contribution in [0.5, 0.6) is 0 Å². The summed E-state index contributed by atoms with van der Waals surface area (Å²) in [5.74, 6) is -1.93. The maximum absolute atomic E-state index is 12.8. The van der Waals surface area contributed by atoms with Crippen LogP contribution in [0, 0.1) is 0 Å². The molecule has 0 heterocycles. The van der Waals surface area contributed by atoms with Crippen molar-refractivity contribution in [1.82, 2.24) is 0 Å². The van der Waals surface area contributed by atoms with Gasteiger partial charge in [-0.1, -0.05) is 0 Å². The van der Waals surface area contributed by atoms with Gasteiger partial charge in [0.15, 0.2) is 0 Å². The molecule has 0 radical (unpaired) electrons. The number of hydrogen-bond acceptors (Lipinski definition) is 8. The molecule has 0 aromatic heterocycles. The van der Waals surface area contributed by atoms with Gasteiger partial charge < -0.3 is 29.9 Å². The molecule has 0 aliphatic carbocycles. The molecule has 0 saturated carbocycles. The Labute approximate surface area is 207 Å². The van der Waals surface area contributed by atoms with E-state index in [9.17, 15) is 30.0 Å². The summed E-state index contributed by atoms with van der Waals surface area (Å²) in [5.41, 5.74) is -3.83. The fourth-order valence-corrected chi connectivity index (χ4v) is 4.27. The van der Waals surface area contributed by atoms with E-state index in [4.69, 9.17) is 9.47 Å². The van der Waals surface area contributed by atoms with Crippen LogP contribution in [0.15, 0.2) is 17.9 Å². The Balaban J connectivity index is 3.36. The molecule has 4 atom stereocenters. The highest BCUT2D eigenvalue weighted by Gasteiger charge is 2.35. The first-order valence-electron chi connectivity index (χ1n) is 8.55. The topological polar surface area (TPSA) is 134 Å². The first-order chi connectivity index (χ1) is 13.5. The number of halogens is 4. The highest BCUT2D eigenvalue weighted by molar-refractivity contribution is 9.15. The minimum absolute atomic E-state index is 0.175. The molecule has 12 heteroatoms. The van der Waals surface area contributed by atoms with Gasteiger partial charge in [-0.2, -0.15) is 0 Å². The molecule has 0 aliphatic rings. The predicted octanol–water partition coefficient (Wildman–Crippen LogP) is 3.31. The zero-order valence-corrected chi connectivity index (χ0v) is 22.8. The normalized spacial score (nSPS) is 17.5. The number of aliphatic hydroxyl groups excluding tert-OH is 2. The third kappa shape index (κ3) is 6.47. The van der Waals surface area contributed by atoms with Crippen LogP contribution in [0.25, 0.3) is 0 Å². The number of carbonyl (C=O) groups excluding carboxylic acids is 2. The van der Waals surface area contributed by atoms with Crippen LogP contribution in [0.4, 0.5) is 0 Å². The fourth-order valence-electron chi connectivity index (χ4n) is 1.82. The molecule has 0 aliphatic heterocycles. The Morgan fingerprint density at radius 3 is 1.27 bits per heavy atom. The van der Waals surface area contributed by atoms with E-state index in [-0.39, 0.29) is 20.1 Å². The van der Waals surface area contributed by atoms with Gasteiger partial charge in [0.05, 0.1) is 23.3 Å². The van der Waals surface area contributed by atoms with Crippen LogP contribution >= 0.6 is 63.7 Å². The van der Waals surface area contributed by atoms with Crippen LogP contribution in [-0.2, 0) is 9.47 Å². The molecule has 170 valence electrons. The van der Waals surface area contributed by atoms with Gasteiger partial charge in [0.2, 0.25) is 0 Å². The second kappa shape index (κ2) is 10.7. The lowest BCUT2D eigenvalue weighted by atomic mass is 10.0. The van der Waals surface area contributed by atoms with Gasteiger partial charge in [-0.3, -0.25) is 0 Å². The fraction of sp³-hybridized carbons (Fsp3) is 0.556. The average Bonchev–Trinajstić information content (AvgIpc) is 2.65. The minimum atomic E-state index is -1.71. The lowest BCUT2D eigenvalue weighted by Gasteiger charge is -2.27. The lowest BCUT2D eigenvalue weighted by molar-refractivity contribution is -0.0899. The molecule has 1 aromatic rings. The Hall–Kier alpha value is -0.0800. The highest BCUT2D eigenvalue weighted by Crippen LogP contribution is 2.43. The molecule has 30 heavy (non-hydrogen) atoms. The van der Waals surface area contributed by atoms with Crippen molar-refractivity contribution in [3.8, 4) is 0 Å². The smallest absolute Gasteiger partial charge is 0.340 e. The van der Waals surface area contributed by atoms with Gasteiger partial charge in [-0.25, -0.2) is 9.59 Å². The monoisotopic (exact) mass is 682 g/mol. The first-order valence-corrected chi connectivity index (χ1v) is 11.7. The number of aliphatic hydroxyl groups is 4. The van der Waals surface area contributed by atoms with Gasteiger partial charge in [-0.05, 0) is 91.4 Å². The van der Waals surface area contributed by atoms with Crippen LogP contribution < -0.4 is 0 Å². The second-order valence-corrected chi connectivity index (χ2v) is 10.4. The number of ether oxygens (including phenoxy) is 2. The molecule has 8 nitrogen and oxygen atoms in total. The van der Waals surface area contributed by atoms with E-state index in [1.54, 1.807) is 0 Å². The van der Waals surface area contributed by atoms with Gasteiger partial charge in [0.1, 0.15) is 24.4 Å². The third-order valence-corrected chi connectivity index (χ3v) is 9.23. The molecule has 4 N–H and O–H groups in total. The summed E-state index contributed by atoms with van der Waals surface area (Å²) in [6.07, 6.45) is -2.35. The van der Waals surface area contributed by atoms with Gasteiger partial charge >= 0.3 is 11.9 Å². The standard InChI is InChI=1S/C18H22Br4O8/c1-7(23)17(3,27)5-29-15(25)9-10(12(20)14(22)13(21)11(9)19)16(26)30-6-18(4,28)8(2)24/h7-8,23-24,27-28H,5-6H2,1-4H3. The van der Waals surface area contributed by atoms with E-state index in [0.717, 1.165) is 0 Å². The summed E-state index contributed by atoms with van der Waals surface area (Å²) >= 11 is 13.1. The minimum Gasteiger partial charge on any atom is -0.459 e. The number of rotatable bonds is 8. The first kappa shape index (κ1) is 28.0. The van der Waals surface area contributed by atoms with Crippen LogP contribution in [0.3, 0.4) is 0 Å². The third-order valence-electron chi connectivity index (χ3n) is 4.47. The van der Waals surface area contributed by atoms with E-state index in [0.29, 0.717) is 8.95 Å². The Bertz CT molecular complexity index is 754. The zero-order chi connectivity index (χ0) is 23.6. The van der Waals surface area contributed by atoms with Crippen molar-refractivity contribution in [3.63, 3.8) is 0 Å². The van der Waals surface area contributed by atoms with Crippen molar-refractivity contribution in [2.75, 3.05) is 13.2 Å². The van der Waals surface area contributed by atoms with Crippen LogP contribution in [0.2, 0.25) is 0 Å². The highest BCUT2D eigenvalue weighted by atomic mass is 79.9. The molecule has 0 fully saturated rings. The van der Waals surface area contributed by atoms with Gasteiger partial charge in [-0.15, -0.1) is 0 Å². The van der Waals surface area contributed by atoms with Gasteiger partial charge in [0.25, 0.3) is 0 Å². The Morgan fingerprint density at radius 1 is 0.767 bits per heavy atom. The largest absolute Gasteiger partial charge is 0.459 e. The van der Waals surface area contributed by atoms with E-state index in [1.165, 1.54) is 27.7 Å². The average molecular weight is 686 g/mol. The molecular weight excluding hydrogens is 664 g/mol. The van der Waals surface area contributed by atoms with Crippen molar-refractivity contribution in [2.24, 2.45) is 0 Å². The molecule has 1 rings (SSSR count). The molecule has 0 saturated heterocycles. The quantitative estimate of drug-likeness (QED) is 0.186. The molecule has 4 unspecified atom stereocenters. The van der Waals surface area contributed by atoms with E-state index >= 15 is 0 Å². The maximum Gasteiger partial charge on any atom is 0.340 e. The number of carbonyl (C=O) groups is 2. The van der Waals surface area contributed by atoms with Crippen molar-refractivity contribution < 1.29 is 39.5 Å². The van der Waals surface area contributed by atoms with E-state index in [2.05, 4.69) is 63.7 Å². The van der Waals surface area contributed by atoms with Crippen molar-refractivity contribution in [3.05, 3.63) is 29.0 Å². The molecule has 1 aromatic carbocycles. The maximum atomic E-state index is 12.8. The predicted molar refractivity (Wildman–Crippen MR) is 122 cm³/mol. The Kier molecular flexibility index (Phi) is 9.96.